The zero-order chi connectivity index (χ0) is 25.7. The zero-order valence-electron chi connectivity index (χ0n) is 22.4. The molecular weight excluding hydrogens is 469 g/mol. The van der Waals surface area contributed by atoms with Crippen molar-refractivity contribution < 1.29 is 18.0 Å². The van der Waals surface area contributed by atoms with Gasteiger partial charge in [0.05, 0.1) is 25.0 Å². The number of nitrogens with zero attached hydrogens (tertiary/aromatic N) is 4. The minimum atomic E-state index is -2.07. The summed E-state index contributed by atoms with van der Waals surface area (Å²) in [5.74, 6) is -0.0195. The highest BCUT2D eigenvalue weighted by Crippen LogP contribution is 2.48. The first-order chi connectivity index (χ1) is 15.5. The number of aromatic nitrogens is 4. The Morgan fingerprint density at radius 2 is 1.56 bits per heavy atom. The number of ether oxygens (including phenoxy) is 1. The third kappa shape index (κ3) is 4.69. The van der Waals surface area contributed by atoms with Crippen LogP contribution < -0.4 is 5.73 Å². The van der Waals surface area contributed by atoms with Gasteiger partial charge in [-0.15, -0.1) is 0 Å². The molecule has 3 atom stereocenters. The first kappa shape index (κ1) is 27.2. The van der Waals surface area contributed by atoms with Crippen molar-refractivity contribution in [1.29, 1.82) is 0 Å². The van der Waals surface area contributed by atoms with Crippen LogP contribution in [0.1, 0.15) is 41.5 Å². The summed E-state index contributed by atoms with van der Waals surface area (Å²) in [6.07, 6.45) is 2.60. The SMILES string of the molecule is CC(C)(C)[Si](C)(C)OC[C@@H]1[C@@H](CO[Si](C)(C)C(C)(C)C)O[C@@]1(CF)n1cnc2c(N)ncnc21. The Morgan fingerprint density at radius 3 is 2.09 bits per heavy atom. The molecule has 11 heteroatoms. The van der Waals surface area contributed by atoms with Gasteiger partial charge in [0, 0.05) is 6.61 Å². The molecule has 0 aliphatic carbocycles. The van der Waals surface area contributed by atoms with E-state index in [2.05, 4.69) is 82.7 Å². The number of halogens is 1. The fraction of sp³-hybridized carbons (Fsp3) is 0.783. The Hall–Kier alpha value is -1.41. The third-order valence-electron chi connectivity index (χ3n) is 8.19. The van der Waals surface area contributed by atoms with E-state index >= 15 is 0 Å². The van der Waals surface area contributed by atoms with E-state index in [4.69, 9.17) is 19.3 Å². The topological polar surface area (TPSA) is 97.3 Å². The molecule has 0 saturated carbocycles. The van der Waals surface area contributed by atoms with Crippen LogP contribution in [0.2, 0.25) is 36.3 Å². The van der Waals surface area contributed by atoms with Gasteiger partial charge in [0.25, 0.3) is 0 Å². The summed E-state index contributed by atoms with van der Waals surface area (Å²) in [6, 6.07) is 0. The summed E-state index contributed by atoms with van der Waals surface area (Å²) in [4.78, 5) is 12.7. The number of nitrogen functional groups attached to an aromatic ring is 1. The van der Waals surface area contributed by atoms with Gasteiger partial charge < -0.3 is 19.3 Å². The molecule has 1 aliphatic heterocycles. The minimum Gasteiger partial charge on any atom is -0.416 e. The van der Waals surface area contributed by atoms with E-state index in [-0.39, 0.29) is 27.9 Å². The van der Waals surface area contributed by atoms with Gasteiger partial charge in [-0.1, -0.05) is 41.5 Å². The number of fused-ring (bicyclic) bond motifs is 1. The molecule has 34 heavy (non-hydrogen) atoms. The van der Waals surface area contributed by atoms with Crippen LogP contribution in [0.25, 0.3) is 11.2 Å². The molecule has 0 bridgehead atoms. The average molecular weight is 512 g/mol. The fourth-order valence-corrected chi connectivity index (χ4v) is 5.66. The number of anilines is 1. The van der Waals surface area contributed by atoms with Gasteiger partial charge in [-0.2, -0.15) is 0 Å². The molecule has 1 aliphatic rings. The van der Waals surface area contributed by atoms with Crippen molar-refractivity contribution in [2.45, 2.75) is 89.6 Å². The van der Waals surface area contributed by atoms with Gasteiger partial charge in [-0.05, 0) is 36.3 Å². The molecular formula is C23H42FN5O3Si2. The molecule has 192 valence electrons. The van der Waals surface area contributed by atoms with Crippen molar-refractivity contribution in [3.05, 3.63) is 12.7 Å². The zero-order valence-corrected chi connectivity index (χ0v) is 24.4. The lowest BCUT2D eigenvalue weighted by Gasteiger charge is -2.55. The highest BCUT2D eigenvalue weighted by Gasteiger charge is 2.59. The van der Waals surface area contributed by atoms with Gasteiger partial charge in [0.15, 0.2) is 33.8 Å². The lowest BCUT2D eigenvalue weighted by molar-refractivity contribution is -0.325. The van der Waals surface area contributed by atoms with Crippen LogP contribution in [0, 0.1) is 5.92 Å². The van der Waals surface area contributed by atoms with Gasteiger partial charge in [0.1, 0.15) is 18.5 Å². The van der Waals surface area contributed by atoms with Crippen molar-refractivity contribution >= 4 is 33.6 Å². The molecule has 3 heterocycles. The highest BCUT2D eigenvalue weighted by molar-refractivity contribution is 6.74. The van der Waals surface area contributed by atoms with Crippen LogP contribution in [0.5, 0.6) is 0 Å². The number of imidazole rings is 1. The smallest absolute Gasteiger partial charge is 0.192 e. The van der Waals surface area contributed by atoms with Crippen LogP contribution in [-0.4, -0.2) is 62.1 Å². The summed E-state index contributed by atoms with van der Waals surface area (Å²) in [5, 5.41) is 0.0998. The summed E-state index contributed by atoms with van der Waals surface area (Å²) < 4.78 is 35.9. The van der Waals surface area contributed by atoms with Crippen LogP contribution in [0.4, 0.5) is 10.2 Å². The highest BCUT2D eigenvalue weighted by atomic mass is 28.4. The summed E-state index contributed by atoms with van der Waals surface area (Å²) in [5.41, 5.74) is 5.59. The van der Waals surface area contributed by atoms with E-state index in [9.17, 15) is 4.39 Å². The van der Waals surface area contributed by atoms with E-state index in [1.54, 1.807) is 10.9 Å². The Morgan fingerprint density at radius 1 is 1.00 bits per heavy atom. The number of hydrogen-bond acceptors (Lipinski definition) is 7. The summed E-state index contributed by atoms with van der Waals surface area (Å²) in [6.45, 7) is 22.0. The number of hydrogen-bond donors (Lipinski definition) is 1. The van der Waals surface area contributed by atoms with Crippen molar-refractivity contribution in [1.82, 2.24) is 19.5 Å². The third-order valence-corrected chi connectivity index (χ3v) is 17.2. The van der Waals surface area contributed by atoms with E-state index in [0.29, 0.717) is 24.4 Å². The Labute approximate surface area is 205 Å². The van der Waals surface area contributed by atoms with Crippen molar-refractivity contribution in [3.8, 4) is 0 Å². The van der Waals surface area contributed by atoms with E-state index in [1.807, 2.05) is 0 Å². The fourth-order valence-electron chi connectivity index (χ4n) is 3.62. The molecule has 0 amide bonds. The lowest BCUT2D eigenvalue weighted by Crippen LogP contribution is -2.66. The monoisotopic (exact) mass is 511 g/mol. The summed E-state index contributed by atoms with van der Waals surface area (Å²) in [7, 11) is -4.08. The van der Waals surface area contributed by atoms with Gasteiger partial charge in [0.2, 0.25) is 0 Å². The molecule has 8 nitrogen and oxygen atoms in total. The molecule has 0 radical (unpaired) electrons. The quantitative estimate of drug-likeness (QED) is 0.493. The Bertz CT molecular complexity index is 1020. The van der Waals surface area contributed by atoms with E-state index in [0.717, 1.165) is 0 Å². The number of alkyl halides is 1. The minimum absolute atomic E-state index is 0.0342. The van der Waals surface area contributed by atoms with Crippen molar-refractivity contribution in [2.75, 3.05) is 25.6 Å². The molecule has 2 aromatic heterocycles. The van der Waals surface area contributed by atoms with Crippen LogP contribution in [0.3, 0.4) is 0 Å². The van der Waals surface area contributed by atoms with Gasteiger partial charge in [-0.25, -0.2) is 19.3 Å². The van der Waals surface area contributed by atoms with E-state index < -0.39 is 29.0 Å². The first-order valence-electron chi connectivity index (χ1n) is 11.9. The molecule has 0 aromatic carbocycles. The second-order valence-electron chi connectivity index (χ2n) is 12.4. The average Bonchev–Trinajstić information content (AvgIpc) is 3.11. The molecule has 3 rings (SSSR count). The maximum Gasteiger partial charge on any atom is 0.192 e. The summed E-state index contributed by atoms with van der Waals surface area (Å²) >= 11 is 0. The molecule has 1 fully saturated rings. The van der Waals surface area contributed by atoms with Gasteiger partial charge >= 0.3 is 0 Å². The molecule has 2 aromatic rings. The number of rotatable bonds is 8. The lowest BCUT2D eigenvalue weighted by atomic mass is 9.84. The number of nitrogens with two attached hydrogens (primary N) is 1. The molecule has 2 N–H and O–H groups in total. The van der Waals surface area contributed by atoms with Crippen molar-refractivity contribution in [3.63, 3.8) is 0 Å². The largest absolute Gasteiger partial charge is 0.416 e. The van der Waals surface area contributed by atoms with Crippen LogP contribution >= 0.6 is 0 Å². The first-order valence-corrected chi connectivity index (χ1v) is 17.7. The molecule has 0 spiro atoms. The van der Waals surface area contributed by atoms with Crippen LogP contribution in [-0.2, 0) is 19.3 Å². The maximum atomic E-state index is 14.9. The maximum absolute atomic E-state index is 14.9. The molecule has 0 unspecified atom stereocenters. The van der Waals surface area contributed by atoms with E-state index in [1.165, 1.54) is 6.33 Å². The van der Waals surface area contributed by atoms with Crippen molar-refractivity contribution in [2.24, 2.45) is 5.92 Å². The predicted molar refractivity (Wildman–Crippen MR) is 138 cm³/mol. The standard InChI is InChI=1S/C23H42FN5O3Si2/c1-21(2,3)33(7,8)30-11-16-17(12-31-34(9,10)22(4,5)6)32-23(16,13-24)29-15-28-18-19(25)26-14-27-20(18)29/h14-17H,11-13H2,1-10H3,(H2,25,26,27)/t16-,17-,23-/m1/s1. The normalized spacial score (nSPS) is 24.4. The second kappa shape index (κ2) is 8.91. The Balaban J connectivity index is 1.94. The van der Waals surface area contributed by atoms with Gasteiger partial charge in [-0.3, -0.25) is 4.57 Å². The van der Waals surface area contributed by atoms with Crippen LogP contribution in [0.15, 0.2) is 12.7 Å². The Kier molecular flexibility index (Phi) is 7.13. The predicted octanol–water partition coefficient (Wildman–Crippen LogP) is 5.09. The second-order valence-corrected chi connectivity index (χ2v) is 22.0. The molecule has 1 saturated heterocycles.